The second kappa shape index (κ2) is 7.79. The molecule has 0 unspecified atom stereocenters. The van der Waals surface area contributed by atoms with Crippen LogP contribution in [0.1, 0.15) is 22.3 Å². The quantitative estimate of drug-likeness (QED) is 0.720. The normalized spacial score (nSPS) is 13.0. The molecular weight excluding hydrogens is 366 g/mol. The number of fused-ring (bicyclic) bond motifs is 1. The molecule has 3 aromatic rings. The van der Waals surface area contributed by atoms with Gasteiger partial charge in [0.1, 0.15) is 0 Å². The molecule has 1 aliphatic rings. The Morgan fingerprint density at radius 3 is 2.55 bits per heavy atom. The molecule has 1 aliphatic heterocycles. The first kappa shape index (κ1) is 18.7. The molecule has 4 rings (SSSR count). The predicted molar refractivity (Wildman–Crippen MR) is 113 cm³/mol. The van der Waals surface area contributed by atoms with Crippen molar-refractivity contribution >= 4 is 23.3 Å². The van der Waals surface area contributed by atoms with Gasteiger partial charge in [0.25, 0.3) is 5.91 Å². The first-order chi connectivity index (χ1) is 14.0. The Morgan fingerprint density at radius 1 is 1.07 bits per heavy atom. The fraction of sp³-hybridized carbons (Fsp3) is 0.227. The van der Waals surface area contributed by atoms with Gasteiger partial charge >= 0.3 is 6.03 Å². The molecule has 0 radical (unpaired) electrons. The molecule has 2 aromatic carbocycles. The molecule has 0 bridgehead atoms. The van der Waals surface area contributed by atoms with E-state index in [1.165, 1.54) is 0 Å². The number of benzene rings is 2. The maximum absolute atomic E-state index is 12.7. The van der Waals surface area contributed by atoms with Crippen LogP contribution in [0, 0.1) is 0 Å². The van der Waals surface area contributed by atoms with Crippen LogP contribution in [-0.2, 0) is 13.5 Å². The van der Waals surface area contributed by atoms with Crippen LogP contribution < -0.4 is 15.5 Å². The third-order valence-electron chi connectivity index (χ3n) is 5.11. The average molecular weight is 389 g/mol. The van der Waals surface area contributed by atoms with Crippen LogP contribution in [0.4, 0.5) is 16.2 Å². The lowest BCUT2D eigenvalue weighted by molar-refractivity contribution is 0.102. The van der Waals surface area contributed by atoms with Crippen molar-refractivity contribution in [2.45, 2.75) is 12.8 Å². The Morgan fingerprint density at radius 2 is 1.86 bits per heavy atom. The van der Waals surface area contributed by atoms with Gasteiger partial charge in [0.15, 0.2) is 0 Å². The van der Waals surface area contributed by atoms with Gasteiger partial charge in [0.05, 0.1) is 11.9 Å². The third-order valence-corrected chi connectivity index (χ3v) is 5.11. The van der Waals surface area contributed by atoms with Gasteiger partial charge in [-0.15, -0.1) is 0 Å². The number of urea groups is 1. The van der Waals surface area contributed by atoms with Crippen molar-refractivity contribution in [1.29, 1.82) is 0 Å². The van der Waals surface area contributed by atoms with Gasteiger partial charge in [-0.2, -0.15) is 5.10 Å². The summed E-state index contributed by atoms with van der Waals surface area (Å²) < 4.78 is 1.74. The van der Waals surface area contributed by atoms with Gasteiger partial charge in [0, 0.05) is 43.7 Å². The maximum Gasteiger partial charge on any atom is 0.321 e. The molecule has 148 valence electrons. The van der Waals surface area contributed by atoms with Gasteiger partial charge in [-0.05, 0) is 48.2 Å². The summed E-state index contributed by atoms with van der Waals surface area (Å²) in [5.74, 6) is -0.190. The second-order valence-electron chi connectivity index (χ2n) is 7.09. The highest BCUT2D eigenvalue weighted by molar-refractivity contribution is 6.05. The number of aryl methyl sites for hydroxylation is 2. The molecule has 29 heavy (non-hydrogen) atoms. The standard InChI is InChI=1S/C22H23N5O2/c1-23-22(29)27-11-3-4-16-9-10-19(12-20(16)27)25-21(28)17-7-5-15(6-8-17)18-13-24-26(2)14-18/h5-10,12-14H,3-4,11H2,1-2H3,(H,23,29)(H,25,28). The van der Waals surface area contributed by atoms with Crippen LogP contribution in [0.15, 0.2) is 54.9 Å². The number of amides is 3. The largest absolute Gasteiger partial charge is 0.341 e. The van der Waals surface area contributed by atoms with E-state index < -0.39 is 0 Å². The Kier molecular flexibility index (Phi) is 5.03. The first-order valence-electron chi connectivity index (χ1n) is 9.58. The van der Waals surface area contributed by atoms with Crippen LogP contribution >= 0.6 is 0 Å². The average Bonchev–Trinajstić information content (AvgIpc) is 3.19. The molecule has 0 saturated carbocycles. The lowest BCUT2D eigenvalue weighted by Crippen LogP contribution is -2.41. The molecule has 0 spiro atoms. The zero-order chi connectivity index (χ0) is 20.4. The van der Waals surface area contributed by atoms with Crippen LogP contribution in [0.25, 0.3) is 11.1 Å². The lowest BCUT2D eigenvalue weighted by Gasteiger charge is -2.29. The third kappa shape index (κ3) is 3.85. The molecule has 2 N–H and O–H groups in total. The summed E-state index contributed by atoms with van der Waals surface area (Å²) >= 11 is 0. The topological polar surface area (TPSA) is 79.3 Å². The SMILES string of the molecule is CNC(=O)N1CCCc2ccc(NC(=O)c3ccc(-c4cnn(C)c4)cc3)cc21. The van der Waals surface area contributed by atoms with E-state index in [0.717, 1.165) is 35.2 Å². The fourth-order valence-electron chi connectivity index (χ4n) is 3.59. The summed E-state index contributed by atoms with van der Waals surface area (Å²) in [7, 11) is 3.49. The highest BCUT2D eigenvalue weighted by atomic mass is 16.2. The second-order valence-corrected chi connectivity index (χ2v) is 7.09. The number of hydrogen-bond donors (Lipinski definition) is 2. The van der Waals surface area contributed by atoms with Crippen molar-refractivity contribution in [3.63, 3.8) is 0 Å². The van der Waals surface area contributed by atoms with E-state index in [0.29, 0.717) is 17.8 Å². The number of aromatic nitrogens is 2. The summed E-state index contributed by atoms with van der Waals surface area (Å²) in [5.41, 5.74) is 5.20. The number of rotatable bonds is 3. The number of carbonyl (C=O) groups excluding carboxylic acids is 2. The number of hydrogen-bond acceptors (Lipinski definition) is 3. The highest BCUT2D eigenvalue weighted by Crippen LogP contribution is 2.30. The van der Waals surface area contributed by atoms with E-state index in [2.05, 4.69) is 15.7 Å². The molecule has 0 saturated heterocycles. The molecule has 0 atom stereocenters. The van der Waals surface area contributed by atoms with Crippen molar-refractivity contribution in [3.8, 4) is 11.1 Å². The van der Waals surface area contributed by atoms with Crippen LogP contribution in [0.5, 0.6) is 0 Å². The Balaban J connectivity index is 1.52. The number of carbonyl (C=O) groups is 2. The van der Waals surface area contributed by atoms with Crippen molar-refractivity contribution in [3.05, 3.63) is 66.0 Å². The fourth-order valence-corrected chi connectivity index (χ4v) is 3.59. The molecule has 7 nitrogen and oxygen atoms in total. The molecule has 0 aliphatic carbocycles. The zero-order valence-electron chi connectivity index (χ0n) is 16.5. The number of anilines is 2. The first-order valence-corrected chi connectivity index (χ1v) is 9.58. The number of nitrogens with zero attached hydrogens (tertiary/aromatic N) is 3. The summed E-state index contributed by atoms with van der Waals surface area (Å²) in [4.78, 5) is 26.6. The van der Waals surface area contributed by atoms with E-state index in [-0.39, 0.29) is 11.9 Å². The molecule has 1 aromatic heterocycles. The molecule has 7 heteroatoms. The Bertz CT molecular complexity index is 1060. The summed E-state index contributed by atoms with van der Waals surface area (Å²) in [6.07, 6.45) is 5.57. The summed E-state index contributed by atoms with van der Waals surface area (Å²) in [5, 5.41) is 9.78. The summed E-state index contributed by atoms with van der Waals surface area (Å²) in [6.45, 7) is 0.667. The lowest BCUT2D eigenvalue weighted by atomic mass is 10.0. The minimum atomic E-state index is -0.190. The van der Waals surface area contributed by atoms with Gasteiger partial charge < -0.3 is 10.6 Å². The van der Waals surface area contributed by atoms with Crippen molar-refractivity contribution in [2.24, 2.45) is 7.05 Å². The van der Waals surface area contributed by atoms with Crippen LogP contribution in [-0.4, -0.2) is 35.3 Å². The van der Waals surface area contributed by atoms with Crippen LogP contribution in [0.2, 0.25) is 0 Å². The molecular formula is C22H23N5O2. The van der Waals surface area contributed by atoms with Crippen molar-refractivity contribution in [1.82, 2.24) is 15.1 Å². The van der Waals surface area contributed by atoms with Gasteiger partial charge in [-0.1, -0.05) is 18.2 Å². The molecule has 3 amide bonds. The van der Waals surface area contributed by atoms with Gasteiger partial charge in [0.2, 0.25) is 0 Å². The van der Waals surface area contributed by atoms with E-state index in [9.17, 15) is 9.59 Å². The molecule has 0 fully saturated rings. The van der Waals surface area contributed by atoms with E-state index in [4.69, 9.17) is 0 Å². The minimum Gasteiger partial charge on any atom is -0.341 e. The van der Waals surface area contributed by atoms with E-state index in [1.54, 1.807) is 35.0 Å². The van der Waals surface area contributed by atoms with Crippen molar-refractivity contribution < 1.29 is 9.59 Å². The monoisotopic (exact) mass is 389 g/mol. The smallest absolute Gasteiger partial charge is 0.321 e. The van der Waals surface area contributed by atoms with Crippen LogP contribution in [0.3, 0.4) is 0 Å². The van der Waals surface area contributed by atoms with Gasteiger partial charge in [-0.25, -0.2) is 4.79 Å². The Hall–Kier alpha value is -3.61. The van der Waals surface area contributed by atoms with Gasteiger partial charge in [-0.3, -0.25) is 14.4 Å². The van der Waals surface area contributed by atoms with E-state index >= 15 is 0 Å². The summed E-state index contributed by atoms with van der Waals surface area (Å²) in [6, 6.07) is 13.0. The van der Waals surface area contributed by atoms with E-state index in [1.807, 2.05) is 43.6 Å². The Labute approximate surface area is 169 Å². The van der Waals surface area contributed by atoms with Crippen molar-refractivity contribution in [2.75, 3.05) is 23.8 Å². The highest BCUT2D eigenvalue weighted by Gasteiger charge is 2.22. The number of nitrogens with one attached hydrogen (secondary N) is 2. The zero-order valence-corrected chi connectivity index (χ0v) is 16.5. The predicted octanol–water partition coefficient (Wildman–Crippen LogP) is 3.43. The minimum absolute atomic E-state index is 0.139. The molecule has 2 heterocycles. The maximum atomic E-state index is 12.7.